The maximum Gasteiger partial charge on any atom is 0.0615 e. The summed E-state index contributed by atoms with van der Waals surface area (Å²) in [5, 5.41) is 3.59. The van der Waals surface area contributed by atoms with E-state index in [4.69, 9.17) is 4.74 Å². The Balaban J connectivity index is 2.72. The number of ether oxygens (including phenoxy) is 1. The highest BCUT2D eigenvalue weighted by molar-refractivity contribution is 4.99. The molecule has 0 spiro atoms. The zero-order valence-corrected chi connectivity index (χ0v) is 11.1. The lowest BCUT2D eigenvalue weighted by atomic mass is 9.90. The first kappa shape index (κ1) is 12.9. The minimum absolute atomic E-state index is 0.206. The van der Waals surface area contributed by atoms with Crippen molar-refractivity contribution < 1.29 is 4.74 Å². The van der Waals surface area contributed by atoms with Crippen LogP contribution in [-0.4, -0.2) is 48.8 Å². The monoisotopic (exact) mass is 214 g/mol. The van der Waals surface area contributed by atoms with Crippen molar-refractivity contribution in [3.8, 4) is 0 Å². The predicted molar refractivity (Wildman–Crippen MR) is 64.2 cm³/mol. The maximum absolute atomic E-state index is 5.26. The van der Waals surface area contributed by atoms with Crippen molar-refractivity contribution in [3.05, 3.63) is 0 Å². The molecular formula is C12H26N2O. The Kier molecular flexibility index (Phi) is 3.80. The van der Waals surface area contributed by atoms with Gasteiger partial charge in [-0.1, -0.05) is 0 Å². The molecule has 0 amide bonds. The van der Waals surface area contributed by atoms with Crippen molar-refractivity contribution in [2.45, 2.75) is 51.7 Å². The second kappa shape index (κ2) is 4.40. The highest BCUT2D eigenvalue weighted by Gasteiger charge is 2.39. The topological polar surface area (TPSA) is 24.5 Å². The normalized spacial score (nSPS) is 27.6. The number of piperazine rings is 1. The molecule has 0 aliphatic carbocycles. The standard InChI is InChI=1S/C12H26N2O/c1-10(7-15-6)14-9-11(2,3)13-8-12(14,4)5/h10,13H,7-9H2,1-6H3. The van der Waals surface area contributed by atoms with Gasteiger partial charge in [0.25, 0.3) is 0 Å². The van der Waals surface area contributed by atoms with Crippen LogP contribution in [0, 0.1) is 0 Å². The van der Waals surface area contributed by atoms with E-state index < -0.39 is 0 Å². The molecule has 1 N–H and O–H groups in total. The van der Waals surface area contributed by atoms with Crippen molar-refractivity contribution in [2.75, 3.05) is 26.8 Å². The van der Waals surface area contributed by atoms with Crippen LogP contribution in [0.3, 0.4) is 0 Å². The lowest BCUT2D eigenvalue weighted by Gasteiger charge is -2.52. The molecule has 1 aliphatic heterocycles. The summed E-state index contributed by atoms with van der Waals surface area (Å²) in [5.74, 6) is 0. The molecule has 3 heteroatoms. The van der Waals surface area contributed by atoms with E-state index in [0.717, 1.165) is 19.7 Å². The Morgan fingerprint density at radius 1 is 1.33 bits per heavy atom. The van der Waals surface area contributed by atoms with Gasteiger partial charge in [0, 0.05) is 37.3 Å². The molecule has 1 aliphatic rings. The Morgan fingerprint density at radius 2 is 1.93 bits per heavy atom. The number of hydrogen-bond acceptors (Lipinski definition) is 3. The summed E-state index contributed by atoms with van der Waals surface area (Å²) in [7, 11) is 1.77. The van der Waals surface area contributed by atoms with Gasteiger partial charge >= 0.3 is 0 Å². The summed E-state index contributed by atoms with van der Waals surface area (Å²) in [6, 6.07) is 0.478. The van der Waals surface area contributed by atoms with Crippen LogP contribution in [0.2, 0.25) is 0 Å². The second-order valence-electron chi connectivity index (χ2n) is 5.98. The van der Waals surface area contributed by atoms with Crippen molar-refractivity contribution in [1.29, 1.82) is 0 Å². The number of hydrogen-bond donors (Lipinski definition) is 1. The van der Waals surface area contributed by atoms with Gasteiger partial charge in [-0.05, 0) is 34.6 Å². The van der Waals surface area contributed by atoms with Crippen molar-refractivity contribution in [3.63, 3.8) is 0 Å². The summed E-state index contributed by atoms with van der Waals surface area (Å²) >= 11 is 0. The van der Waals surface area contributed by atoms with E-state index in [0.29, 0.717) is 6.04 Å². The lowest BCUT2D eigenvalue weighted by molar-refractivity contribution is -0.0171. The van der Waals surface area contributed by atoms with E-state index in [1.54, 1.807) is 7.11 Å². The summed E-state index contributed by atoms with van der Waals surface area (Å²) in [4.78, 5) is 2.55. The van der Waals surface area contributed by atoms with E-state index in [2.05, 4.69) is 44.8 Å². The van der Waals surface area contributed by atoms with Gasteiger partial charge < -0.3 is 10.1 Å². The molecule has 1 saturated heterocycles. The van der Waals surface area contributed by atoms with Gasteiger partial charge in [-0.2, -0.15) is 0 Å². The minimum atomic E-state index is 0.206. The second-order valence-corrected chi connectivity index (χ2v) is 5.98. The average molecular weight is 214 g/mol. The summed E-state index contributed by atoms with van der Waals surface area (Å²) in [6.07, 6.45) is 0. The van der Waals surface area contributed by atoms with Gasteiger partial charge in [-0.15, -0.1) is 0 Å². The highest BCUT2D eigenvalue weighted by Crippen LogP contribution is 2.25. The fourth-order valence-electron chi connectivity index (χ4n) is 2.34. The fraction of sp³-hybridized carbons (Fsp3) is 1.00. The Hall–Kier alpha value is -0.120. The predicted octanol–water partition coefficient (Wildman–Crippen LogP) is 1.48. The van der Waals surface area contributed by atoms with Gasteiger partial charge in [0.2, 0.25) is 0 Å². The smallest absolute Gasteiger partial charge is 0.0615 e. The van der Waals surface area contributed by atoms with Crippen molar-refractivity contribution >= 4 is 0 Å². The molecule has 3 nitrogen and oxygen atoms in total. The highest BCUT2D eigenvalue weighted by atomic mass is 16.5. The summed E-state index contributed by atoms with van der Waals surface area (Å²) in [5.41, 5.74) is 0.422. The van der Waals surface area contributed by atoms with Crippen LogP contribution in [0.5, 0.6) is 0 Å². The number of nitrogens with one attached hydrogen (secondary N) is 1. The van der Waals surface area contributed by atoms with E-state index in [1.807, 2.05) is 0 Å². The molecular weight excluding hydrogens is 188 g/mol. The maximum atomic E-state index is 5.26. The van der Waals surface area contributed by atoms with Crippen LogP contribution >= 0.6 is 0 Å². The zero-order valence-electron chi connectivity index (χ0n) is 11.1. The molecule has 1 rings (SSSR count). The van der Waals surface area contributed by atoms with Crippen LogP contribution < -0.4 is 5.32 Å². The van der Waals surface area contributed by atoms with Gasteiger partial charge in [-0.25, -0.2) is 0 Å². The van der Waals surface area contributed by atoms with Crippen molar-refractivity contribution in [1.82, 2.24) is 10.2 Å². The first-order valence-corrected chi connectivity index (χ1v) is 5.79. The molecule has 0 aromatic carbocycles. The molecule has 1 fully saturated rings. The van der Waals surface area contributed by atoms with Crippen LogP contribution in [0.15, 0.2) is 0 Å². The van der Waals surface area contributed by atoms with Crippen molar-refractivity contribution in [2.24, 2.45) is 0 Å². The fourth-order valence-corrected chi connectivity index (χ4v) is 2.34. The van der Waals surface area contributed by atoms with E-state index in [1.165, 1.54) is 0 Å². The van der Waals surface area contributed by atoms with Crippen LogP contribution in [0.4, 0.5) is 0 Å². The molecule has 15 heavy (non-hydrogen) atoms. The van der Waals surface area contributed by atoms with Crippen LogP contribution in [-0.2, 0) is 4.74 Å². The molecule has 1 unspecified atom stereocenters. The molecule has 90 valence electrons. The largest absolute Gasteiger partial charge is 0.383 e. The van der Waals surface area contributed by atoms with E-state index in [9.17, 15) is 0 Å². The Morgan fingerprint density at radius 3 is 2.47 bits per heavy atom. The lowest BCUT2D eigenvalue weighted by Crippen LogP contribution is -2.68. The van der Waals surface area contributed by atoms with Gasteiger partial charge in [0.05, 0.1) is 6.61 Å². The number of methoxy groups -OCH3 is 1. The third-order valence-corrected chi connectivity index (χ3v) is 3.28. The molecule has 0 radical (unpaired) electrons. The third-order valence-electron chi connectivity index (χ3n) is 3.28. The molecule has 0 aromatic heterocycles. The van der Waals surface area contributed by atoms with Crippen LogP contribution in [0.1, 0.15) is 34.6 Å². The van der Waals surface area contributed by atoms with Gasteiger partial charge in [0.15, 0.2) is 0 Å². The average Bonchev–Trinajstić information content (AvgIpc) is 2.10. The molecule has 0 saturated carbocycles. The Bertz CT molecular complexity index is 214. The third kappa shape index (κ3) is 3.16. The van der Waals surface area contributed by atoms with E-state index in [-0.39, 0.29) is 11.1 Å². The first-order valence-electron chi connectivity index (χ1n) is 5.79. The SMILES string of the molecule is COCC(C)N1CC(C)(C)NCC1(C)C. The quantitative estimate of drug-likeness (QED) is 0.770. The summed E-state index contributed by atoms with van der Waals surface area (Å²) in [6.45, 7) is 14.3. The number of rotatable bonds is 3. The molecule has 1 heterocycles. The minimum Gasteiger partial charge on any atom is -0.383 e. The Labute approximate surface area is 94.2 Å². The molecule has 1 atom stereocenters. The summed E-state index contributed by atoms with van der Waals surface area (Å²) < 4.78 is 5.26. The van der Waals surface area contributed by atoms with Gasteiger partial charge in [0.1, 0.15) is 0 Å². The molecule has 0 bridgehead atoms. The van der Waals surface area contributed by atoms with E-state index >= 15 is 0 Å². The first-order chi connectivity index (χ1) is 6.78. The zero-order chi connectivity index (χ0) is 11.7. The number of nitrogens with zero attached hydrogens (tertiary/aromatic N) is 1. The molecule has 0 aromatic rings. The van der Waals surface area contributed by atoms with Gasteiger partial charge in [-0.3, -0.25) is 4.90 Å². The van der Waals surface area contributed by atoms with Crippen LogP contribution in [0.25, 0.3) is 0 Å².